The standard InChI is InChI=1S/C27H35FN2O4S/c1-17(21-5-7-22(28)8-6-21)9-13-32-27-25(33-14-10-30-11-15-35-16-12-30)23(19(3)31)18(2)24-26(27)34-20(4)29-24/h5-8,17,19,31H,9-16H2,1-4H3. The van der Waals surface area contributed by atoms with Crippen molar-refractivity contribution in [1.82, 2.24) is 9.88 Å². The number of benzene rings is 2. The molecule has 0 bridgehead atoms. The Morgan fingerprint density at radius 2 is 1.77 bits per heavy atom. The van der Waals surface area contributed by atoms with Crippen LogP contribution < -0.4 is 9.47 Å². The zero-order valence-electron chi connectivity index (χ0n) is 21.0. The first-order chi connectivity index (χ1) is 16.8. The summed E-state index contributed by atoms with van der Waals surface area (Å²) in [6.07, 6.45) is -0.0264. The van der Waals surface area contributed by atoms with Crippen molar-refractivity contribution in [3.05, 3.63) is 52.7 Å². The minimum absolute atomic E-state index is 0.186. The fraction of sp³-hybridized carbons (Fsp3) is 0.519. The normalized spacial score (nSPS) is 16.4. The van der Waals surface area contributed by atoms with E-state index in [-0.39, 0.29) is 11.7 Å². The van der Waals surface area contributed by atoms with Gasteiger partial charge in [0.25, 0.3) is 0 Å². The van der Waals surface area contributed by atoms with Crippen LogP contribution in [0.2, 0.25) is 0 Å². The lowest BCUT2D eigenvalue weighted by molar-refractivity contribution is 0.178. The zero-order valence-corrected chi connectivity index (χ0v) is 21.8. The van der Waals surface area contributed by atoms with Gasteiger partial charge in [0.1, 0.15) is 17.9 Å². The van der Waals surface area contributed by atoms with Gasteiger partial charge in [-0.3, -0.25) is 4.90 Å². The molecule has 1 aliphatic rings. The summed E-state index contributed by atoms with van der Waals surface area (Å²) in [6, 6.07) is 6.58. The van der Waals surface area contributed by atoms with E-state index in [0.717, 1.165) is 48.7 Å². The first-order valence-corrected chi connectivity index (χ1v) is 13.4. The molecule has 0 spiro atoms. The number of hydrogen-bond acceptors (Lipinski definition) is 7. The molecule has 2 heterocycles. The van der Waals surface area contributed by atoms with Crippen molar-refractivity contribution < 1.29 is 23.4 Å². The first kappa shape index (κ1) is 25.8. The van der Waals surface area contributed by atoms with Gasteiger partial charge in [0.2, 0.25) is 11.3 Å². The molecule has 1 saturated heterocycles. The Labute approximate surface area is 210 Å². The molecular weight excluding hydrogens is 467 g/mol. The second-order valence-electron chi connectivity index (χ2n) is 9.18. The van der Waals surface area contributed by atoms with E-state index in [1.54, 1.807) is 13.8 Å². The number of halogens is 1. The number of aliphatic hydroxyl groups excluding tert-OH is 1. The summed E-state index contributed by atoms with van der Waals surface area (Å²) in [4.78, 5) is 6.95. The number of oxazole rings is 1. The Kier molecular flexibility index (Phi) is 8.57. The minimum atomic E-state index is -0.752. The summed E-state index contributed by atoms with van der Waals surface area (Å²) in [6.45, 7) is 11.4. The summed E-state index contributed by atoms with van der Waals surface area (Å²) < 4.78 is 31.9. The molecule has 0 amide bonds. The molecule has 0 aliphatic carbocycles. The number of rotatable bonds is 10. The third-order valence-corrected chi connectivity index (χ3v) is 7.50. The van der Waals surface area contributed by atoms with E-state index >= 15 is 0 Å². The number of ether oxygens (including phenoxy) is 2. The fourth-order valence-electron chi connectivity index (χ4n) is 4.53. The van der Waals surface area contributed by atoms with Gasteiger partial charge in [-0.15, -0.1) is 0 Å². The van der Waals surface area contributed by atoms with Gasteiger partial charge in [-0.2, -0.15) is 11.8 Å². The summed E-state index contributed by atoms with van der Waals surface area (Å²) in [5.74, 6) is 3.78. The van der Waals surface area contributed by atoms with Crippen LogP contribution in [0.3, 0.4) is 0 Å². The topological polar surface area (TPSA) is 68.0 Å². The van der Waals surface area contributed by atoms with Crippen LogP contribution in [0.25, 0.3) is 11.1 Å². The number of aliphatic hydroxyl groups is 1. The van der Waals surface area contributed by atoms with Crippen LogP contribution in [0.5, 0.6) is 11.5 Å². The summed E-state index contributed by atoms with van der Waals surface area (Å²) >= 11 is 1.98. The van der Waals surface area contributed by atoms with Crippen LogP contribution in [-0.2, 0) is 0 Å². The SMILES string of the molecule is Cc1nc2c(C)c(C(C)O)c(OCCN3CCSCC3)c(OCCC(C)c3ccc(F)cc3)c2o1. The van der Waals surface area contributed by atoms with Crippen molar-refractivity contribution in [3.8, 4) is 11.5 Å². The monoisotopic (exact) mass is 502 g/mol. The minimum Gasteiger partial charge on any atom is -0.488 e. The number of nitrogens with zero attached hydrogens (tertiary/aromatic N) is 2. The summed E-state index contributed by atoms with van der Waals surface area (Å²) in [5.41, 5.74) is 3.80. The van der Waals surface area contributed by atoms with E-state index < -0.39 is 6.10 Å². The molecule has 1 aliphatic heterocycles. The lowest BCUT2D eigenvalue weighted by Crippen LogP contribution is -2.35. The molecular formula is C27H35FN2O4S. The van der Waals surface area contributed by atoms with Crippen molar-refractivity contribution in [2.24, 2.45) is 0 Å². The van der Waals surface area contributed by atoms with Gasteiger partial charge in [-0.05, 0) is 49.4 Å². The molecule has 4 rings (SSSR count). The van der Waals surface area contributed by atoms with Crippen LogP contribution in [0.1, 0.15) is 54.9 Å². The number of hydrogen-bond donors (Lipinski definition) is 1. The van der Waals surface area contributed by atoms with Crippen LogP contribution in [0.15, 0.2) is 28.7 Å². The molecule has 0 radical (unpaired) electrons. The molecule has 3 aromatic rings. The number of aryl methyl sites for hydroxylation is 2. The lowest BCUT2D eigenvalue weighted by Gasteiger charge is -2.27. The van der Waals surface area contributed by atoms with Gasteiger partial charge in [0.15, 0.2) is 11.6 Å². The van der Waals surface area contributed by atoms with Gasteiger partial charge in [-0.25, -0.2) is 9.37 Å². The Balaban J connectivity index is 1.58. The Morgan fingerprint density at radius 3 is 2.46 bits per heavy atom. The number of fused-ring (bicyclic) bond motifs is 1. The molecule has 8 heteroatoms. The number of aromatic nitrogens is 1. The highest BCUT2D eigenvalue weighted by Gasteiger charge is 2.27. The maximum Gasteiger partial charge on any atom is 0.207 e. The van der Waals surface area contributed by atoms with E-state index in [1.807, 2.05) is 30.8 Å². The van der Waals surface area contributed by atoms with Crippen LogP contribution >= 0.6 is 11.8 Å². The average molecular weight is 503 g/mol. The second kappa shape index (κ2) is 11.6. The predicted molar refractivity (Wildman–Crippen MR) is 138 cm³/mol. The smallest absolute Gasteiger partial charge is 0.207 e. The molecule has 35 heavy (non-hydrogen) atoms. The van der Waals surface area contributed by atoms with Gasteiger partial charge in [0.05, 0.1) is 12.7 Å². The maximum atomic E-state index is 13.3. The van der Waals surface area contributed by atoms with Crippen molar-refractivity contribution in [2.75, 3.05) is 44.4 Å². The van der Waals surface area contributed by atoms with Gasteiger partial charge in [-0.1, -0.05) is 19.1 Å². The molecule has 0 saturated carbocycles. The molecule has 2 unspecified atom stereocenters. The van der Waals surface area contributed by atoms with E-state index in [4.69, 9.17) is 13.9 Å². The first-order valence-electron chi connectivity index (χ1n) is 12.3. The van der Waals surface area contributed by atoms with Crippen LogP contribution in [0, 0.1) is 19.7 Å². The number of thioether (sulfide) groups is 1. The third kappa shape index (κ3) is 6.11. The van der Waals surface area contributed by atoms with Crippen LogP contribution in [0.4, 0.5) is 4.39 Å². The molecule has 190 valence electrons. The Hall–Kier alpha value is -2.29. The lowest BCUT2D eigenvalue weighted by atomic mass is 9.98. The van der Waals surface area contributed by atoms with Gasteiger partial charge >= 0.3 is 0 Å². The molecule has 1 aromatic heterocycles. The molecule has 6 nitrogen and oxygen atoms in total. The van der Waals surface area contributed by atoms with Crippen molar-refractivity contribution in [3.63, 3.8) is 0 Å². The maximum absolute atomic E-state index is 13.3. The summed E-state index contributed by atoms with van der Waals surface area (Å²) in [5, 5.41) is 10.7. The predicted octanol–water partition coefficient (Wildman–Crippen LogP) is 5.64. The highest BCUT2D eigenvalue weighted by Crippen LogP contribution is 2.45. The van der Waals surface area contributed by atoms with E-state index in [2.05, 4.69) is 16.8 Å². The van der Waals surface area contributed by atoms with Crippen molar-refractivity contribution in [1.29, 1.82) is 0 Å². The summed E-state index contributed by atoms with van der Waals surface area (Å²) in [7, 11) is 0. The zero-order chi connectivity index (χ0) is 24.9. The Bertz CT molecular complexity index is 1130. The Morgan fingerprint density at radius 1 is 1.09 bits per heavy atom. The average Bonchev–Trinajstić information content (AvgIpc) is 3.23. The molecule has 2 atom stereocenters. The fourth-order valence-corrected chi connectivity index (χ4v) is 5.51. The van der Waals surface area contributed by atoms with E-state index in [1.165, 1.54) is 12.1 Å². The largest absolute Gasteiger partial charge is 0.488 e. The van der Waals surface area contributed by atoms with Gasteiger partial charge in [0, 0.05) is 43.6 Å². The highest BCUT2D eigenvalue weighted by atomic mass is 32.2. The third-order valence-electron chi connectivity index (χ3n) is 6.56. The highest BCUT2D eigenvalue weighted by molar-refractivity contribution is 7.99. The second-order valence-corrected chi connectivity index (χ2v) is 10.4. The van der Waals surface area contributed by atoms with E-state index in [0.29, 0.717) is 47.3 Å². The molecule has 1 fully saturated rings. The molecule has 1 N–H and O–H groups in total. The van der Waals surface area contributed by atoms with E-state index in [9.17, 15) is 9.50 Å². The van der Waals surface area contributed by atoms with Crippen molar-refractivity contribution >= 4 is 22.9 Å². The van der Waals surface area contributed by atoms with Crippen molar-refractivity contribution in [2.45, 2.75) is 46.1 Å². The quantitative estimate of drug-likeness (QED) is 0.385. The molecule has 2 aromatic carbocycles. The van der Waals surface area contributed by atoms with Crippen LogP contribution in [-0.4, -0.2) is 59.3 Å². The van der Waals surface area contributed by atoms with Gasteiger partial charge < -0.3 is 19.0 Å².